The maximum absolute atomic E-state index is 12.4. The number of hydrogen-bond donors (Lipinski definition) is 2. The molecule has 9 heteroatoms. The van der Waals surface area contributed by atoms with Crippen LogP contribution in [0.2, 0.25) is 0 Å². The number of allylic oxidation sites excluding steroid dienone is 2. The zero-order valence-electron chi connectivity index (χ0n) is 15.4. The molecule has 4 rings (SSSR count). The zero-order chi connectivity index (χ0) is 19.3. The van der Waals surface area contributed by atoms with Crippen molar-refractivity contribution in [1.29, 1.82) is 0 Å². The highest BCUT2D eigenvalue weighted by atomic mass is 79.9. The van der Waals surface area contributed by atoms with Gasteiger partial charge in [-0.2, -0.15) is 0 Å². The summed E-state index contributed by atoms with van der Waals surface area (Å²) in [6, 6.07) is 7.09. The number of urea groups is 1. The van der Waals surface area contributed by atoms with Crippen LogP contribution in [0.15, 0.2) is 45.1 Å². The second-order valence-corrected chi connectivity index (χ2v) is 7.73. The van der Waals surface area contributed by atoms with E-state index < -0.39 is 18.2 Å². The number of nitrogens with zero attached hydrogens (tertiary/aromatic N) is 4. The van der Waals surface area contributed by atoms with Gasteiger partial charge in [-0.3, -0.25) is 15.0 Å². The Balaban J connectivity index is 1.51. The molecule has 1 fully saturated rings. The lowest BCUT2D eigenvalue weighted by atomic mass is 10.1. The molecule has 142 valence electrons. The lowest BCUT2D eigenvalue weighted by molar-refractivity contribution is -0.126. The molecule has 0 aliphatic carbocycles. The topological polar surface area (TPSA) is 80.3 Å². The van der Waals surface area contributed by atoms with Crippen molar-refractivity contribution >= 4 is 39.5 Å². The monoisotopic (exact) mass is 432 g/mol. The van der Waals surface area contributed by atoms with Gasteiger partial charge < -0.3 is 15.1 Å². The fourth-order valence-electron chi connectivity index (χ4n) is 3.67. The van der Waals surface area contributed by atoms with Gasteiger partial charge in [-0.1, -0.05) is 15.9 Å². The van der Waals surface area contributed by atoms with Gasteiger partial charge >= 0.3 is 6.03 Å². The van der Waals surface area contributed by atoms with Crippen LogP contribution >= 0.6 is 15.9 Å². The summed E-state index contributed by atoms with van der Waals surface area (Å²) >= 11 is 3.43. The van der Waals surface area contributed by atoms with E-state index in [-0.39, 0.29) is 5.91 Å². The molecule has 3 heterocycles. The van der Waals surface area contributed by atoms with Gasteiger partial charge in [-0.15, -0.1) is 0 Å². The predicted molar refractivity (Wildman–Crippen MR) is 106 cm³/mol. The van der Waals surface area contributed by atoms with Crippen LogP contribution in [-0.2, 0) is 4.79 Å². The highest BCUT2D eigenvalue weighted by molar-refractivity contribution is 9.10. The Bertz CT molecular complexity index is 865. The Hall–Kier alpha value is -2.55. The average Bonchev–Trinajstić information content (AvgIpc) is 3.13. The largest absolute Gasteiger partial charge is 0.383 e. The van der Waals surface area contributed by atoms with Crippen LogP contribution in [0.1, 0.15) is 13.8 Å². The number of rotatable bonds is 4. The van der Waals surface area contributed by atoms with E-state index in [1.807, 2.05) is 43.0 Å². The number of fused-ring (bicyclic) bond motifs is 3. The number of carbonyl (C=O) groups is 2. The highest BCUT2D eigenvalue weighted by Crippen LogP contribution is 2.35. The minimum Gasteiger partial charge on any atom is -0.383 e. The minimum atomic E-state index is -0.512. The summed E-state index contributed by atoms with van der Waals surface area (Å²) in [7, 11) is 1.66. The summed E-state index contributed by atoms with van der Waals surface area (Å²) in [6.45, 7) is 5.43. The van der Waals surface area contributed by atoms with Crippen LogP contribution in [0, 0.1) is 0 Å². The first-order valence-corrected chi connectivity index (χ1v) is 9.57. The summed E-state index contributed by atoms with van der Waals surface area (Å²) in [6.07, 6.45) is -0.494. The maximum Gasteiger partial charge on any atom is 0.325 e. The Morgan fingerprint density at radius 3 is 2.59 bits per heavy atom. The van der Waals surface area contributed by atoms with Crippen molar-refractivity contribution < 1.29 is 9.59 Å². The lowest BCUT2D eigenvalue weighted by Gasteiger charge is -2.35. The number of imide groups is 1. The standard InChI is InChI=1S/C18H21BrN6O2/c1-10-11(2)25-14-15(23(3)18(27)22-16(14)26)21-17(25)24(10)9-8-20-13-6-4-12(19)5-7-13/h4-7,14-15,20H,8-9H2,1-3H3,(H,22,26,27). The normalized spacial score (nSPS) is 24.1. The van der Waals surface area contributed by atoms with E-state index in [2.05, 4.69) is 31.5 Å². The van der Waals surface area contributed by atoms with Crippen LogP contribution in [0.3, 0.4) is 0 Å². The molecule has 0 bridgehead atoms. The van der Waals surface area contributed by atoms with Gasteiger partial charge in [-0.25, -0.2) is 9.79 Å². The number of anilines is 1. The van der Waals surface area contributed by atoms with Gasteiger partial charge in [0.15, 0.2) is 12.2 Å². The third kappa shape index (κ3) is 2.86. The second-order valence-electron chi connectivity index (χ2n) is 6.82. The fourth-order valence-corrected chi connectivity index (χ4v) is 3.94. The zero-order valence-corrected chi connectivity index (χ0v) is 16.9. The van der Waals surface area contributed by atoms with Crippen molar-refractivity contribution in [3.05, 3.63) is 40.1 Å². The fraction of sp³-hybridized carbons (Fsp3) is 0.389. The molecule has 0 aromatic heterocycles. The highest BCUT2D eigenvalue weighted by Gasteiger charge is 2.52. The molecule has 0 spiro atoms. The molecule has 2 N–H and O–H groups in total. The van der Waals surface area contributed by atoms with Crippen LogP contribution in [0.4, 0.5) is 10.5 Å². The molecule has 2 unspecified atom stereocenters. The summed E-state index contributed by atoms with van der Waals surface area (Å²) in [5.74, 6) is 0.429. The summed E-state index contributed by atoms with van der Waals surface area (Å²) in [5.41, 5.74) is 3.10. The van der Waals surface area contributed by atoms with E-state index in [4.69, 9.17) is 4.99 Å². The smallest absolute Gasteiger partial charge is 0.325 e. The number of halogens is 1. The quantitative estimate of drug-likeness (QED) is 0.759. The number of carbonyl (C=O) groups excluding carboxylic acids is 2. The maximum atomic E-state index is 12.4. The molecule has 0 radical (unpaired) electrons. The van der Waals surface area contributed by atoms with E-state index in [1.165, 1.54) is 4.90 Å². The van der Waals surface area contributed by atoms with Crippen LogP contribution in [-0.4, -0.2) is 64.9 Å². The molecule has 1 aromatic carbocycles. The molecule has 1 saturated heterocycles. The van der Waals surface area contributed by atoms with Crippen molar-refractivity contribution in [2.45, 2.75) is 26.1 Å². The number of amides is 3. The molecule has 3 aliphatic heterocycles. The number of guanidine groups is 1. The average molecular weight is 433 g/mol. The molecule has 8 nitrogen and oxygen atoms in total. The van der Waals surface area contributed by atoms with E-state index in [0.717, 1.165) is 34.1 Å². The van der Waals surface area contributed by atoms with Crippen LogP contribution < -0.4 is 10.6 Å². The summed E-state index contributed by atoms with van der Waals surface area (Å²) < 4.78 is 1.04. The van der Waals surface area contributed by atoms with Crippen LogP contribution in [0.25, 0.3) is 0 Å². The molecular weight excluding hydrogens is 412 g/mol. The van der Waals surface area contributed by atoms with Crippen molar-refractivity contribution in [1.82, 2.24) is 20.0 Å². The van der Waals surface area contributed by atoms with Crippen molar-refractivity contribution in [3.63, 3.8) is 0 Å². The first kappa shape index (κ1) is 17.8. The van der Waals surface area contributed by atoms with Gasteiger partial charge in [0.25, 0.3) is 5.91 Å². The molecule has 2 atom stereocenters. The summed E-state index contributed by atoms with van der Waals surface area (Å²) in [5, 5.41) is 5.81. The number of nitrogens with one attached hydrogen (secondary N) is 2. The van der Waals surface area contributed by atoms with Gasteiger partial charge in [0.05, 0.1) is 0 Å². The van der Waals surface area contributed by atoms with E-state index in [1.54, 1.807) is 7.05 Å². The van der Waals surface area contributed by atoms with E-state index >= 15 is 0 Å². The number of likely N-dealkylation sites (N-methyl/N-ethyl adjacent to an activating group) is 1. The SMILES string of the molecule is CC1=C(C)N2C(=NC3C2C(=O)NC(=O)N3C)N1CCNc1ccc(Br)cc1. The first-order chi connectivity index (χ1) is 12.9. The molecule has 1 aromatic rings. The summed E-state index contributed by atoms with van der Waals surface area (Å²) in [4.78, 5) is 34.6. The van der Waals surface area contributed by atoms with Crippen LogP contribution in [0.5, 0.6) is 0 Å². The second kappa shape index (κ2) is 6.56. The Kier molecular flexibility index (Phi) is 4.33. The third-order valence-electron chi connectivity index (χ3n) is 5.28. The Labute approximate surface area is 166 Å². The minimum absolute atomic E-state index is 0.302. The molecule has 3 amide bonds. The van der Waals surface area contributed by atoms with Gasteiger partial charge in [0.1, 0.15) is 0 Å². The van der Waals surface area contributed by atoms with Gasteiger partial charge in [0.2, 0.25) is 5.96 Å². The molecular formula is C18H21BrN6O2. The molecule has 27 heavy (non-hydrogen) atoms. The number of benzene rings is 1. The van der Waals surface area contributed by atoms with Crippen molar-refractivity contribution in [2.24, 2.45) is 4.99 Å². The molecule has 0 saturated carbocycles. The van der Waals surface area contributed by atoms with E-state index in [0.29, 0.717) is 6.54 Å². The third-order valence-corrected chi connectivity index (χ3v) is 5.81. The lowest BCUT2D eigenvalue weighted by Crippen LogP contribution is -2.63. The van der Waals surface area contributed by atoms with Crippen molar-refractivity contribution in [3.8, 4) is 0 Å². The van der Waals surface area contributed by atoms with E-state index in [9.17, 15) is 9.59 Å². The first-order valence-electron chi connectivity index (χ1n) is 8.77. The number of hydrogen-bond acceptors (Lipinski definition) is 6. The Morgan fingerprint density at radius 2 is 1.89 bits per heavy atom. The van der Waals surface area contributed by atoms with Gasteiger partial charge in [-0.05, 0) is 38.1 Å². The van der Waals surface area contributed by atoms with Crippen molar-refractivity contribution in [2.75, 3.05) is 25.5 Å². The Morgan fingerprint density at radius 1 is 1.19 bits per heavy atom. The predicted octanol–water partition coefficient (Wildman–Crippen LogP) is 1.98. The molecule has 3 aliphatic rings. The van der Waals surface area contributed by atoms with Gasteiger partial charge in [0, 0.05) is 41.7 Å². The number of aliphatic imine (C=N–C) groups is 1.